The number of hydrogen-bond acceptors (Lipinski definition) is 6. The topological polar surface area (TPSA) is 104 Å². The average Bonchev–Trinajstić information content (AvgIpc) is 3.24. The molecule has 0 spiro atoms. The Morgan fingerprint density at radius 1 is 1.16 bits per heavy atom. The summed E-state index contributed by atoms with van der Waals surface area (Å²) in [5.41, 5.74) is 3.54. The molecule has 0 unspecified atom stereocenters. The fourth-order valence-corrected chi connectivity index (χ4v) is 4.08. The minimum Gasteiger partial charge on any atom is -0.306 e. The standard InChI is InChI=1S/C16H13N5O2S2/c1-7-13(25-8(2)17-7)14(22)21-16-20-12(6-24-16)9-3-4-10-11(5-9)19-15(23)18-10/h3-6H,1-2H3,(H2,18,19,23)(H,20,21,22). The number of fused-ring (bicyclic) bond motifs is 1. The number of amides is 1. The first kappa shape index (κ1) is 15.7. The third kappa shape index (κ3) is 2.99. The lowest BCUT2D eigenvalue weighted by Crippen LogP contribution is -2.11. The van der Waals surface area contributed by atoms with Crippen molar-refractivity contribution >= 4 is 44.7 Å². The zero-order valence-corrected chi connectivity index (χ0v) is 15.0. The Kier molecular flexibility index (Phi) is 3.74. The molecule has 7 nitrogen and oxygen atoms in total. The van der Waals surface area contributed by atoms with Gasteiger partial charge in [-0.1, -0.05) is 6.07 Å². The van der Waals surface area contributed by atoms with Gasteiger partial charge in [0.05, 0.1) is 27.4 Å². The highest BCUT2D eigenvalue weighted by molar-refractivity contribution is 7.15. The molecule has 0 radical (unpaired) electrons. The van der Waals surface area contributed by atoms with Crippen LogP contribution in [0.4, 0.5) is 5.13 Å². The van der Waals surface area contributed by atoms with Crippen LogP contribution in [0.5, 0.6) is 0 Å². The smallest absolute Gasteiger partial charge is 0.306 e. The second-order valence-electron chi connectivity index (χ2n) is 5.48. The van der Waals surface area contributed by atoms with Gasteiger partial charge < -0.3 is 9.97 Å². The van der Waals surface area contributed by atoms with Gasteiger partial charge in [0.15, 0.2) is 5.13 Å². The molecule has 0 aliphatic rings. The number of aryl methyl sites for hydroxylation is 2. The molecule has 1 aromatic carbocycles. The lowest BCUT2D eigenvalue weighted by molar-refractivity contribution is 0.103. The Morgan fingerprint density at radius 2 is 1.96 bits per heavy atom. The third-order valence-electron chi connectivity index (χ3n) is 3.65. The number of hydrogen-bond donors (Lipinski definition) is 3. The summed E-state index contributed by atoms with van der Waals surface area (Å²) in [7, 11) is 0. The van der Waals surface area contributed by atoms with Gasteiger partial charge in [-0.3, -0.25) is 10.1 Å². The fraction of sp³-hybridized carbons (Fsp3) is 0.125. The van der Waals surface area contributed by atoms with Crippen molar-refractivity contribution in [3.8, 4) is 11.3 Å². The zero-order valence-electron chi connectivity index (χ0n) is 13.3. The molecule has 3 N–H and O–H groups in total. The highest BCUT2D eigenvalue weighted by Gasteiger charge is 2.16. The van der Waals surface area contributed by atoms with E-state index < -0.39 is 0 Å². The van der Waals surface area contributed by atoms with E-state index in [4.69, 9.17) is 0 Å². The van der Waals surface area contributed by atoms with Crippen LogP contribution >= 0.6 is 22.7 Å². The molecule has 0 saturated heterocycles. The van der Waals surface area contributed by atoms with Gasteiger partial charge in [0.2, 0.25) is 0 Å². The summed E-state index contributed by atoms with van der Waals surface area (Å²) in [5, 5.41) is 6.07. The number of aromatic amines is 2. The molecule has 1 amide bonds. The Bertz CT molecular complexity index is 1150. The molecule has 0 bridgehead atoms. The predicted molar refractivity (Wildman–Crippen MR) is 99.6 cm³/mol. The normalized spacial score (nSPS) is 11.1. The highest BCUT2D eigenvalue weighted by Crippen LogP contribution is 2.27. The van der Waals surface area contributed by atoms with Crippen LogP contribution < -0.4 is 11.0 Å². The zero-order chi connectivity index (χ0) is 17.6. The largest absolute Gasteiger partial charge is 0.323 e. The number of aromatic nitrogens is 4. The second-order valence-corrected chi connectivity index (χ2v) is 7.54. The number of nitrogens with one attached hydrogen (secondary N) is 3. The SMILES string of the molecule is Cc1nc(C)c(C(=O)Nc2nc(-c3ccc4[nH]c(=O)[nH]c4c3)cs2)s1. The van der Waals surface area contributed by atoms with Gasteiger partial charge in [-0.2, -0.15) is 0 Å². The maximum atomic E-state index is 12.4. The Morgan fingerprint density at radius 3 is 2.72 bits per heavy atom. The van der Waals surface area contributed by atoms with Crippen molar-refractivity contribution in [3.63, 3.8) is 0 Å². The van der Waals surface area contributed by atoms with Crippen molar-refractivity contribution in [2.24, 2.45) is 0 Å². The summed E-state index contributed by atoms with van der Waals surface area (Å²) >= 11 is 2.72. The van der Waals surface area contributed by atoms with Crippen LogP contribution in [0.25, 0.3) is 22.3 Å². The molecule has 0 aliphatic heterocycles. The van der Waals surface area contributed by atoms with Crippen LogP contribution in [0.15, 0.2) is 28.4 Å². The summed E-state index contributed by atoms with van der Waals surface area (Å²) in [6.07, 6.45) is 0. The first-order chi connectivity index (χ1) is 12.0. The van der Waals surface area contributed by atoms with Crippen molar-refractivity contribution in [2.45, 2.75) is 13.8 Å². The molecule has 126 valence electrons. The molecule has 4 aromatic rings. The van der Waals surface area contributed by atoms with E-state index in [1.807, 2.05) is 37.4 Å². The summed E-state index contributed by atoms with van der Waals surface area (Å²) in [5.74, 6) is -0.200. The molecule has 25 heavy (non-hydrogen) atoms. The fourth-order valence-electron chi connectivity index (χ4n) is 2.55. The van der Waals surface area contributed by atoms with Crippen LogP contribution in [0, 0.1) is 13.8 Å². The molecule has 0 fully saturated rings. The van der Waals surface area contributed by atoms with Crippen LogP contribution in [0.2, 0.25) is 0 Å². The predicted octanol–water partition coefficient (Wildman–Crippen LogP) is 3.31. The van der Waals surface area contributed by atoms with E-state index in [1.165, 1.54) is 22.7 Å². The number of imidazole rings is 1. The number of thiazole rings is 2. The van der Waals surface area contributed by atoms with Crippen molar-refractivity contribution in [3.05, 3.63) is 49.6 Å². The van der Waals surface area contributed by atoms with Crippen molar-refractivity contribution in [2.75, 3.05) is 5.32 Å². The van der Waals surface area contributed by atoms with Gasteiger partial charge >= 0.3 is 5.69 Å². The number of nitrogens with zero attached hydrogens (tertiary/aromatic N) is 2. The number of carbonyl (C=O) groups excluding carboxylic acids is 1. The highest BCUT2D eigenvalue weighted by atomic mass is 32.1. The van der Waals surface area contributed by atoms with Gasteiger partial charge in [0, 0.05) is 10.9 Å². The lowest BCUT2D eigenvalue weighted by Gasteiger charge is -2.00. The van der Waals surface area contributed by atoms with E-state index in [2.05, 4.69) is 25.3 Å². The maximum Gasteiger partial charge on any atom is 0.323 e. The van der Waals surface area contributed by atoms with Crippen molar-refractivity contribution in [1.82, 2.24) is 19.9 Å². The number of carbonyl (C=O) groups is 1. The molecular formula is C16H13N5O2S2. The maximum absolute atomic E-state index is 12.4. The summed E-state index contributed by atoms with van der Waals surface area (Å²) in [4.78, 5) is 38.5. The number of H-pyrrole nitrogens is 2. The molecular weight excluding hydrogens is 358 g/mol. The molecule has 0 atom stereocenters. The van der Waals surface area contributed by atoms with E-state index in [-0.39, 0.29) is 11.6 Å². The minimum atomic E-state index is -0.242. The van der Waals surface area contributed by atoms with Crippen molar-refractivity contribution < 1.29 is 4.79 Å². The van der Waals surface area contributed by atoms with Gasteiger partial charge in [-0.05, 0) is 26.0 Å². The third-order valence-corrected chi connectivity index (χ3v) is 5.48. The van der Waals surface area contributed by atoms with E-state index in [9.17, 15) is 9.59 Å². The molecule has 3 heterocycles. The summed E-state index contributed by atoms with van der Waals surface area (Å²) < 4.78 is 0. The van der Waals surface area contributed by atoms with E-state index in [0.717, 1.165) is 33.0 Å². The first-order valence-corrected chi connectivity index (χ1v) is 9.12. The van der Waals surface area contributed by atoms with Crippen LogP contribution in [0.1, 0.15) is 20.4 Å². The van der Waals surface area contributed by atoms with Gasteiger partial charge in [0.1, 0.15) is 4.88 Å². The summed E-state index contributed by atoms with van der Waals surface area (Å²) in [6, 6.07) is 5.55. The second kappa shape index (κ2) is 5.94. The summed E-state index contributed by atoms with van der Waals surface area (Å²) in [6.45, 7) is 3.69. The first-order valence-electron chi connectivity index (χ1n) is 7.43. The van der Waals surface area contributed by atoms with E-state index in [0.29, 0.717) is 10.0 Å². The van der Waals surface area contributed by atoms with Gasteiger partial charge in [-0.15, -0.1) is 22.7 Å². The van der Waals surface area contributed by atoms with E-state index in [1.54, 1.807) is 0 Å². The molecule has 9 heteroatoms. The number of rotatable bonds is 3. The van der Waals surface area contributed by atoms with Crippen LogP contribution in [-0.2, 0) is 0 Å². The average molecular weight is 371 g/mol. The Balaban J connectivity index is 1.59. The molecule has 0 saturated carbocycles. The number of benzene rings is 1. The quantitative estimate of drug-likeness (QED) is 0.514. The van der Waals surface area contributed by atoms with Crippen molar-refractivity contribution in [1.29, 1.82) is 0 Å². The Labute approximate surface area is 149 Å². The Hall–Kier alpha value is -2.78. The van der Waals surface area contributed by atoms with Gasteiger partial charge in [0.25, 0.3) is 5.91 Å². The molecule has 3 aromatic heterocycles. The minimum absolute atomic E-state index is 0.200. The lowest BCUT2D eigenvalue weighted by atomic mass is 10.1. The monoisotopic (exact) mass is 371 g/mol. The van der Waals surface area contributed by atoms with E-state index >= 15 is 0 Å². The molecule has 4 rings (SSSR count). The molecule has 0 aliphatic carbocycles. The number of anilines is 1. The van der Waals surface area contributed by atoms with Gasteiger partial charge in [-0.25, -0.2) is 14.8 Å². The van der Waals surface area contributed by atoms with Crippen LogP contribution in [-0.4, -0.2) is 25.8 Å². The van der Waals surface area contributed by atoms with Crippen LogP contribution in [0.3, 0.4) is 0 Å².